The first kappa shape index (κ1) is 15.7. The van der Waals surface area contributed by atoms with Gasteiger partial charge in [-0.2, -0.15) is 9.49 Å². The number of halogens is 2. The Morgan fingerprint density at radius 3 is 2.53 bits per heavy atom. The van der Waals surface area contributed by atoms with Crippen molar-refractivity contribution in [3.8, 4) is 0 Å². The maximum Gasteiger partial charge on any atom is 0.215 e. The first-order valence-electron chi connectivity index (χ1n) is 6.11. The van der Waals surface area contributed by atoms with Crippen molar-refractivity contribution in [2.45, 2.75) is 19.9 Å². The summed E-state index contributed by atoms with van der Waals surface area (Å²) in [5.74, 6) is -0.250. The predicted molar refractivity (Wildman–Crippen MR) is 77.0 cm³/mol. The highest BCUT2D eigenvalue weighted by molar-refractivity contribution is 5.85. The van der Waals surface area contributed by atoms with E-state index in [2.05, 4.69) is 22.5 Å². The minimum absolute atomic E-state index is 0. The van der Waals surface area contributed by atoms with Gasteiger partial charge in [-0.05, 0) is 25.5 Å². The Morgan fingerprint density at radius 1 is 1.26 bits per heavy atom. The standard InChI is InChI=1S/C14H18FN3.ClH/c1-11-13(14(15)18(2)17-11)10-16-9-8-12-6-4-3-5-7-12;/h3-7,16H,8-10H2,1-2H3;1H. The number of nitrogens with zero attached hydrogens (tertiary/aromatic N) is 2. The van der Waals surface area contributed by atoms with Crippen molar-refractivity contribution in [2.75, 3.05) is 6.54 Å². The third kappa shape index (κ3) is 4.04. The van der Waals surface area contributed by atoms with Crippen LogP contribution in [0.25, 0.3) is 0 Å². The van der Waals surface area contributed by atoms with Crippen LogP contribution in [-0.2, 0) is 20.0 Å². The van der Waals surface area contributed by atoms with Gasteiger partial charge in [-0.3, -0.25) is 0 Å². The summed E-state index contributed by atoms with van der Waals surface area (Å²) in [6.07, 6.45) is 0.946. The molecule has 0 saturated heterocycles. The molecule has 0 spiro atoms. The van der Waals surface area contributed by atoms with E-state index in [4.69, 9.17) is 0 Å². The lowest BCUT2D eigenvalue weighted by Gasteiger charge is -2.04. The van der Waals surface area contributed by atoms with Crippen LogP contribution in [0, 0.1) is 12.9 Å². The SMILES string of the molecule is Cc1nn(C)c(F)c1CNCCc1ccccc1.Cl. The fourth-order valence-electron chi connectivity index (χ4n) is 1.97. The molecule has 0 amide bonds. The molecule has 0 aliphatic carbocycles. The molecular weight excluding hydrogens is 265 g/mol. The van der Waals surface area contributed by atoms with Crippen LogP contribution in [-0.4, -0.2) is 16.3 Å². The Morgan fingerprint density at radius 2 is 1.95 bits per heavy atom. The molecule has 0 saturated carbocycles. The maximum absolute atomic E-state index is 13.6. The quantitative estimate of drug-likeness (QED) is 0.855. The molecule has 0 bridgehead atoms. The van der Waals surface area contributed by atoms with Gasteiger partial charge in [0.25, 0.3) is 0 Å². The minimum atomic E-state index is -0.250. The van der Waals surface area contributed by atoms with Gasteiger partial charge in [-0.15, -0.1) is 12.4 Å². The van der Waals surface area contributed by atoms with Gasteiger partial charge in [-0.25, -0.2) is 4.68 Å². The Labute approximate surface area is 119 Å². The number of rotatable bonds is 5. The molecule has 0 unspecified atom stereocenters. The van der Waals surface area contributed by atoms with Crippen molar-refractivity contribution in [1.82, 2.24) is 15.1 Å². The van der Waals surface area contributed by atoms with Gasteiger partial charge in [0.15, 0.2) is 0 Å². The van der Waals surface area contributed by atoms with E-state index in [0.717, 1.165) is 18.7 Å². The average Bonchev–Trinajstić information content (AvgIpc) is 2.61. The number of hydrogen-bond acceptors (Lipinski definition) is 2. The monoisotopic (exact) mass is 283 g/mol. The number of hydrogen-bond donors (Lipinski definition) is 1. The molecule has 2 rings (SSSR count). The number of aromatic nitrogens is 2. The van der Waals surface area contributed by atoms with E-state index in [1.54, 1.807) is 7.05 Å². The van der Waals surface area contributed by atoms with E-state index in [1.165, 1.54) is 10.2 Å². The lowest BCUT2D eigenvalue weighted by Crippen LogP contribution is -2.17. The highest BCUT2D eigenvalue weighted by Gasteiger charge is 2.11. The summed E-state index contributed by atoms with van der Waals surface area (Å²) >= 11 is 0. The minimum Gasteiger partial charge on any atom is -0.312 e. The highest BCUT2D eigenvalue weighted by atomic mass is 35.5. The third-order valence-electron chi connectivity index (χ3n) is 3.00. The van der Waals surface area contributed by atoms with E-state index in [-0.39, 0.29) is 18.4 Å². The first-order valence-corrected chi connectivity index (χ1v) is 6.11. The van der Waals surface area contributed by atoms with Crippen molar-refractivity contribution in [2.24, 2.45) is 7.05 Å². The Bertz CT molecular complexity index is 511. The van der Waals surface area contributed by atoms with Gasteiger partial charge in [0.1, 0.15) is 0 Å². The topological polar surface area (TPSA) is 29.9 Å². The highest BCUT2D eigenvalue weighted by Crippen LogP contribution is 2.10. The predicted octanol–water partition coefficient (Wildman–Crippen LogP) is 2.62. The molecule has 1 aromatic heterocycles. The molecule has 0 aliphatic rings. The zero-order valence-electron chi connectivity index (χ0n) is 11.2. The van der Waals surface area contributed by atoms with Crippen LogP contribution >= 0.6 is 12.4 Å². The molecule has 104 valence electrons. The summed E-state index contributed by atoms with van der Waals surface area (Å²) in [6, 6.07) is 10.3. The number of nitrogens with one attached hydrogen (secondary N) is 1. The molecule has 2 aromatic rings. The second-order valence-corrected chi connectivity index (χ2v) is 4.39. The van der Waals surface area contributed by atoms with Gasteiger partial charge in [0.05, 0.1) is 5.69 Å². The molecule has 0 fully saturated rings. The van der Waals surface area contributed by atoms with Crippen LogP contribution in [0.1, 0.15) is 16.8 Å². The van der Waals surface area contributed by atoms with Crippen LogP contribution in [0.3, 0.4) is 0 Å². The van der Waals surface area contributed by atoms with Crippen molar-refractivity contribution >= 4 is 12.4 Å². The molecule has 1 N–H and O–H groups in total. The molecule has 0 atom stereocenters. The second-order valence-electron chi connectivity index (χ2n) is 4.39. The lowest BCUT2D eigenvalue weighted by molar-refractivity contribution is 0.490. The van der Waals surface area contributed by atoms with Crippen LogP contribution in [0.15, 0.2) is 30.3 Å². The third-order valence-corrected chi connectivity index (χ3v) is 3.00. The molecule has 5 heteroatoms. The normalized spacial score (nSPS) is 10.3. The summed E-state index contributed by atoms with van der Waals surface area (Å²) in [6.45, 7) is 3.19. The molecule has 1 heterocycles. The molecule has 19 heavy (non-hydrogen) atoms. The van der Waals surface area contributed by atoms with Gasteiger partial charge >= 0.3 is 0 Å². The second kappa shape index (κ2) is 7.26. The largest absolute Gasteiger partial charge is 0.312 e. The fourth-order valence-corrected chi connectivity index (χ4v) is 1.97. The summed E-state index contributed by atoms with van der Waals surface area (Å²) in [5, 5.41) is 7.30. The summed E-state index contributed by atoms with van der Waals surface area (Å²) in [4.78, 5) is 0. The van der Waals surface area contributed by atoms with Crippen LogP contribution < -0.4 is 5.32 Å². The smallest absolute Gasteiger partial charge is 0.215 e. The fraction of sp³-hybridized carbons (Fsp3) is 0.357. The van der Waals surface area contributed by atoms with Crippen molar-refractivity contribution < 1.29 is 4.39 Å². The number of aryl methyl sites for hydroxylation is 2. The van der Waals surface area contributed by atoms with Gasteiger partial charge in [0.2, 0.25) is 5.95 Å². The first-order chi connectivity index (χ1) is 8.68. The average molecular weight is 284 g/mol. The summed E-state index contributed by atoms with van der Waals surface area (Å²) < 4.78 is 14.9. The summed E-state index contributed by atoms with van der Waals surface area (Å²) in [7, 11) is 1.62. The number of benzene rings is 1. The van der Waals surface area contributed by atoms with E-state index >= 15 is 0 Å². The molecule has 0 radical (unpaired) electrons. The van der Waals surface area contributed by atoms with E-state index in [1.807, 2.05) is 25.1 Å². The van der Waals surface area contributed by atoms with Crippen molar-refractivity contribution in [3.63, 3.8) is 0 Å². The molecule has 0 aliphatic heterocycles. The van der Waals surface area contributed by atoms with Crippen molar-refractivity contribution in [1.29, 1.82) is 0 Å². The lowest BCUT2D eigenvalue weighted by atomic mass is 10.1. The molecule has 1 aromatic carbocycles. The Kier molecular flexibility index (Phi) is 5.99. The summed E-state index contributed by atoms with van der Waals surface area (Å²) in [5.41, 5.74) is 2.70. The Balaban J connectivity index is 0.00000180. The maximum atomic E-state index is 13.6. The zero-order valence-corrected chi connectivity index (χ0v) is 12.0. The van der Waals surface area contributed by atoms with E-state index in [0.29, 0.717) is 12.1 Å². The van der Waals surface area contributed by atoms with E-state index in [9.17, 15) is 4.39 Å². The van der Waals surface area contributed by atoms with E-state index < -0.39 is 0 Å². The zero-order chi connectivity index (χ0) is 13.0. The Hall–Kier alpha value is -1.39. The van der Waals surface area contributed by atoms with Gasteiger partial charge < -0.3 is 5.32 Å². The van der Waals surface area contributed by atoms with Gasteiger partial charge in [-0.1, -0.05) is 30.3 Å². The van der Waals surface area contributed by atoms with Crippen molar-refractivity contribution in [3.05, 3.63) is 53.1 Å². The van der Waals surface area contributed by atoms with Crippen LogP contribution in [0.5, 0.6) is 0 Å². The molecule has 3 nitrogen and oxygen atoms in total. The molecular formula is C14H19ClFN3. The van der Waals surface area contributed by atoms with Crippen LogP contribution in [0.2, 0.25) is 0 Å². The van der Waals surface area contributed by atoms with Gasteiger partial charge in [0, 0.05) is 19.2 Å². The van der Waals surface area contributed by atoms with Crippen LogP contribution in [0.4, 0.5) is 4.39 Å².